The second kappa shape index (κ2) is 11.0. The number of carbonyl (C=O) groups excluding carboxylic acids is 2. The second-order valence-electron chi connectivity index (χ2n) is 10.8. The molecule has 1 heterocycles. The average Bonchev–Trinajstić information content (AvgIpc) is 2.94. The number of para-hydroxylation sites is 1. The van der Waals surface area contributed by atoms with Gasteiger partial charge < -0.3 is 20.1 Å². The van der Waals surface area contributed by atoms with Gasteiger partial charge in [0.05, 0.1) is 14.2 Å². The molecule has 5 rings (SSSR count). The first-order valence-corrected chi connectivity index (χ1v) is 13.6. The number of benzene rings is 3. The van der Waals surface area contributed by atoms with Crippen molar-refractivity contribution in [2.24, 2.45) is 0 Å². The molecule has 0 saturated heterocycles. The number of Topliss-reactive ketones (excluding diaryl/α,β-unsaturated/α-hetero) is 1. The number of nitrogens with one attached hydrogen (secondary N) is 2. The number of rotatable bonds is 6. The van der Waals surface area contributed by atoms with E-state index < -0.39 is 5.92 Å². The third kappa shape index (κ3) is 5.02. The van der Waals surface area contributed by atoms with E-state index in [2.05, 4.69) is 28.8 Å². The van der Waals surface area contributed by atoms with Gasteiger partial charge in [0, 0.05) is 40.6 Å². The fraction of sp³-hybridized carbons (Fsp3) is 0.294. The lowest BCUT2D eigenvalue weighted by Gasteiger charge is -2.37. The lowest BCUT2D eigenvalue weighted by Crippen LogP contribution is -2.37. The monoisotopic (exact) mass is 536 g/mol. The molecular weight excluding hydrogens is 500 g/mol. The summed E-state index contributed by atoms with van der Waals surface area (Å²) in [5.41, 5.74) is 8.79. The summed E-state index contributed by atoms with van der Waals surface area (Å²) in [5, 5.41) is 6.60. The van der Waals surface area contributed by atoms with Gasteiger partial charge in [0.25, 0.3) is 5.91 Å². The molecule has 3 aromatic rings. The number of carbonyl (C=O) groups is 2. The molecule has 0 spiro atoms. The largest absolute Gasteiger partial charge is 0.493 e. The molecule has 1 aliphatic carbocycles. The van der Waals surface area contributed by atoms with E-state index in [-0.39, 0.29) is 17.6 Å². The van der Waals surface area contributed by atoms with Crippen molar-refractivity contribution in [3.8, 4) is 11.5 Å². The third-order valence-corrected chi connectivity index (χ3v) is 8.09. The maximum atomic E-state index is 14.0. The molecule has 1 aliphatic heterocycles. The quantitative estimate of drug-likeness (QED) is 0.370. The van der Waals surface area contributed by atoms with Crippen LogP contribution in [0, 0.1) is 20.8 Å². The van der Waals surface area contributed by atoms with E-state index in [0.717, 1.165) is 44.9 Å². The molecule has 2 N–H and O–H groups in total. The summed E-state index contributed by atoms with van der Waals surface area (Å²) in [6.45, 7) is 7.98. The summed E-state index contributed by atoms with van der Waals surface area (Å²) in [4.78, 5) is 28.0. The third-order valence-electron chi connectivity index (χ3n) is 8.09. The molecular formula is C34H36N2O4. The first-order chi connectivity index (χ1) is 19.2. The SMILES string of the molecule is COc1ccc([C@H]2CC(=O)C3=C(C2)NC(C)=C(C(=O)Nc2ccccc2C)[C@H]3c2cc(C)ccc2C)cc1OC. The minimum atomic E-state index is -0.459. The van der Waals surface area contributed by atoms with Gasteiger partial charge in [-0.3, -0.25) is 9.59 Å². The average molecular weight is 537 g/mol. The molecule has 3 aromatic carbocycles. The maximum Gasteiger partial charge on any atom is 0.254 e. The van der Waals surface area contributed by atoms with Crippen LogP contribution in [0.15, 0.2) is 83.2 Å². The summed E-state index contributed by atoms with van der Waals surface area (Å²) in [6, 6.07) is 19.8. The van der Waals surface area contributed by atoms with Gasteiger partial charge in [-0.15, -0.1) is 0 Å². The van der Waals surface area contributed by atoms with E-state index in [1.54, 1.807) is 14.2 Å². The number of aryl methyl sites for hydroxylation is 3. The Hall–Kier alpha value is -4.32. The molecule has 2 atom stereocenters. The zero-order valence-electron chi connectivity index (χ0n) is 24.0. The van der Waals surface area contributed by atoms with Crippen LogP contribution in [-0.2, 0) is 9.59 Å². The van der Waals surface area contributed by atoms with Gasteiger partial charge in [-0.2, -0.15) is 0 Å². The van der Waals surface area contributed by atoms with Crippen LogP contribution in [0.25, 0.3) is 0 Å². The van der Waals surface area contributed by atoms with Crippen LogP contribution >= 0.6 is 0 Å². The summed E-state index contributed by atoms with van der Waals surface area (Å²) < 4.78 is 10.9. The Bertz CT molecular complexity index is 1570. The Kier molecular flexibility index (Phi) is 7.53. The van der Waals surface area contributed by atoms with Crippen LogP contribution in [0.1, 0.15) is 59.4 Å². The number of ketones is 1. The van der Waals surface area contributed by atoms with Crippen LogP contribution in [0.2, 0.25) is 0 Å². The smallest absolute Gasteiger partial charge is 0.254 e. The molecule has 0 bridgehead atoms. The highest BCUT2D eigenvalue weighted by atomic mass is 16.5. The highest BCUT2D eigenvalue weighted by Crippen LogP contribution is 2.47. The summed E-state index contributed by atoms with van der Waals surface area (Å²) in [5.74, 6) is 0.664. The van der Waals surface area contributed by atoms with Crippen LogP contribution < -0.4 is 20.1 Å². The van der Waals surface area contributed by atoms with Gasteiger partial charge in [-0.05, 0) is 80.5 Å². The predicted octanol–water partition coefficient (Wildman–Crippen LogP) is 6.63. The van der Waals surface area contributed by atoms with Gasteiger partial charge in [-0.25, -0.2) is 0 Å². The number of hydrogen-bond donors (Lipinski definition) is 2. The van der Waals surface area contributed by atoms with Gasteiger partial charge in [0.1, 0.15) is 0 Å². The Morgan fingerprint density at radius 1 is 0.875 bits per heavy atom. The molecule has 2 aliphatic rings. The van der Waals surface area contributed by atoms with Crippen LogP contribution in [0.5, 0.6) is 11.5 Å². The van der Waals surface area contributed by atoms with Crippen molar-refractivity contribution < 1.29 is 19.1 Å². The number of amides is 1. The second-order valence-corrected chi connectivity index (χ2v) is 10.8. The molecule has 0 saturated carbocycles. The fourth-order valence-electron chi connectivity index (χ4n) is 5.97. The predicted molar refractivity (Wildman–Crippen MR) is 158 cm³/mol. The standard InChI is InChI=1S/C34H36N2O4/c1-19-11-12-20(2)25(15-19)32-31(34(38)36-26-10-8-7-9-21(26)3)22(4)35-27-16-24(17-28(37)33(27)32)23-13-14-29(39-5)30(18-23)40-6/h7-15,18,24,32,35H,16-17H2,1-6H3,(H,36,38)/t24-,32-/m1/s1. The molecule has 6 nitrogen and oxygen atoms in total. The van der Waals surface area contributed by atoms with E-state index in [0.29, 0.717) is 35.5 Å². The molecule has 1 amide bonds. The van der Waals surface area contributed by atoms with E-state index in [1.165, 1.54) is 0 Å². The highest BCUT2D eigenvalue weighted by molar-refractivity contribution is 6.10. The Morgan fingerprint density at radius 2 is 1.62 bits per heavy atom. The van der Waals surface area contributed by atoms with Crippen molar-refractivity contribution in [3.63, 3.8) is 0 Å². The Balaban J connectivity index is 1.58. The number of anilines is 1. The van der Waals surface area contributed by atoms with Crippen molar-refractivity contribution in [2.75, 3.05) is 19.5 Å². The molecule has 40 heavy (non-hydrogen) atoms. The Labute approximate surface area is 236 Å². The lowest BCUT2D eigenvalue weighted by molar-refractivity contribution is -0.116. The summed E-state index contributed by atoms with van der Waals surface area (Å²) in [6.07, 6.45) is 1.01. The number of dihydropyridines is 1. The van der Waals surface area contributed by atoms with Crippen molar-refractivity contribution in [1.29, 1.82) is 0 Å². The topological polar surface area (TPSA) is 76.7 Å². The van der Waals surface area contributed by atoms with E-state index in [4.69, 9.17) is 9.47 Å². The molecule has 0 fully saturated rings. The van der Waals surface area contributed by atoms with Gasteiger partial charge in [0.2, 0.25) is 0 Å². The number of methoxy groups -OCH3 is 2. The zero-order chi connectivity index (χ0) is 28.6. The summed E-state index contributed by atoms with van der Waals surface area (Å²) >= 11 is 0. The molecule has 6 heteroatoms. The van der Waals surface area contributed by atoms with Crippen molar-refractivity contribution in [1.82, 2.24) is 5.32 Å². The van der Waals surface area contributed by atoms with Gasteiger partial charge in [-0.1, -0.05) is 48.0 Å². The van der Waals surface area contributed by atoms with Crippen LogP contribution in [0.3, 0.4) is 0 Å². The van der Waals surface area contributed by atoms with E-state index in [9.17, 15) is 9.59 Å². The first kappa shape index (κ1) is 27.3. The maximum absolute atomic E-state index is 14.0. The summed E-state index contributed by atoms with van der Waals surface area (Å²) in [7, 11) is 3.23. The van der Waals surface area contributed by atoms with E-state index in [1.807, 2.05) is 70.2 Å². The molecule has 0 aromatic heterocycles. The molecule has 0 unspecified atom stereocenters. The van der Waals surface area contributed by atoms with Gasteiger partial charge in [0.15, 0.2) is 17.3 Å². The number of allylic oxidation sites excluding steroid dienone is 3. The molecule has 206 valence electrons. The minimum absolute atomic E-state index is 0.0204. The Morgan fingerprint density at radius 3 is 2.35 bits per heavy atom. The normalized spacial score (nSPS) is 18.7. The number of ether oxygens (including phenoxy) is 2. The lowest BCUT2D eigenvalue weighted by atomic mass is 9.70. The zero-order valence-corrected chi connectivity index (χ0v) is 24.0. The molecule has 0 radical (unpaired) electrons. The number of hydrogen-bond acceptors (Lipinski definition) is 5. The fourth-order valence-corrected chi connectivity index (χ4v) is 5.97. The van der Waals surface area contributed by atoms with Crippen molar-refractivity contribution >= 4 is 17.4 Å². The van der Waals surface area contributed by atoms with Gasteiger partial charge >= 0.3 is 0 Å². The van der Waals surface area contributed by atoms with Crippen molar-refractivity contribution in [3.05, 3.63) is 111 Å². The van der Waals surface area contributed by atoms with Crippen molar-refractivity contribution in [2.45, 2.75) is 52.4 Å². The van der Waals surface area contributed by atoms with Crippen LogP contribution in [-0.4, -0.2) is 25.9 Å². The first-order valence-electron chi connectivity index (χ1n) is 13.6. The van der Waals surface area contributed by atoms with Crippen LogP contribution in [0.4, 0.5) is 5.69 Å². The minimum Gasteiger partial charge on any atom is -0.493 e. The highest BCUT2D eigenvalue weighted by Gasteiger charge is 2.41. The van der Waals surface area contributed by atoms with E-state index >= 15 is 0 Å².